The number of hydrogen-bond acceptors (Lipinski definition) is 4. The average Bonchev–Trinajstić information content (AvgIpc) is 3.14. The molecular weight excluding hydrogens is 327 g/mol. The molecule has 1 unspecified atom stereocenters. The standard InChI is InChI=1S/C15H12ClFN2O4/c16-10-3-1-2-9(6-10)12-7-11(18-23-12)13(20)19-5-4-15(17,8-19)14(21)22/h1-3,6-7H,4-5,8H2,(H,21,22). The second-order valence-corrected chi connectivity index (χ2v) is 5.77. The van der Waals surface area contributed by atoms with Crippen molar-refractivity contribution in [3.05, 3.63) is 41.0 Å². The van der Waals surface area contributed by atoms with E-state index in [1.54, 1.807) is 24.3 Å². The minimum atomic E-state index is -2.41. The van der Waals surface area contributed by atoms with Gasteiger partial charge in [-0.3, -0.25) is 4.79 Å². The minimum Gasteiger partial charge on any atom is -0.479 e. The molecule has 2 heterocycles. The summed E-state index contributed by atoms with van der Waals surface area (Å²) in [4.78, 5) is 24.3. The number of likely N-dealkylation sites (tertiary alicyclic amines) is 1. The van der Waals surface area contributed by atoms with Gasteiger partial charge in [0, 0.05) is 29.6 Å². The van der Waals surface area contributed by atoms with Gasteiger partial charge in [0.25, 0.3) is 5.91 Å². The number of rotatable bonds is 3. The Morgan fingerprint density at radius 2 is 2.17 bits per heavy atom. The maximum Gasteiger partial charge on any atom is 0.343 e. The second-order valence-electron chi connectivity index (χ2n) is 5.33. The van der Waals surface area contributed by atoms with E-state index >= 15 is 0 Å². The zero-order chi connectivity index (χ0) is 16.6. The fourth-order valence-corrected chi connectivity index (χ4v) is 2.63. The summed E-state index contributed by atoms with van der Waals surface area (Å²) in [6, 6.07) is 8.25. The molecule has 3 rings (SSSR count). The smallest absolute Gasteiger partial charge is 0.343 e. The Morgan fingerprint density at radius 3 is 2.83 bits per heavy atom. The number of halogens is 2. The number of aromatic nitrogens is 1. The first-order valence-electron chi connectivity index (χ1n) is 6.83. The zero-order valence-electron chi connectivity index (χ0n) is 11.8. The molecule has 6 nitrogen and oxygen atoms in total. The predicted molar refractivity (Wildman–Crippen MR) is 78.9 cm³/mol. The second kappa shape index (κ2) is 5.66. The molecule has 1 aromatic heterocycles. The monoisotopic (exact) mass is 338 g/mol. The van der Waals surface area contributed by atoms with Gasteiger partial charge in [-0.25, -0.2) is 9.18 Å². The van der Waals surface area contributed by atoms with Gasteiger partial charge in [0.05, 0.1) is 6.54 Å². The predicted octanol–water partition coefficient (Wildman–Crippen LogP) is 2.63. The Morgan fingerprint density at radius 1 is 1.39 bits per heavy atom. The molecule has 120 valence electrons. The fourth-order valence-electron chi connectivity index (χ4n) is 2.44. The third kappa shape index (κ3) is 2.92. The molecule has 0 bridgehead atoms. The number of carbonyl (C=O) groups excluding carboxylic acids is 1. The first-order valence-corrected chi connectivity index (χ1v) is 7.21. The highest BCUT2D eigenvalue weighted by Crippen LogP contribution is 2.28. The minimum absolute atomic E-state index is 0.00499. The maximum atomic E-state index is 14.0. The highest BCUT2D eigenvalue weighted by molar-refractivity contribution is 6.30. The number of amides is 1. The summed E-state index contributed by atoms with van der Waals surface area (Å²) >= 11 is 5.89. The van der Waals surface area contributed by atoms with E-state index in [2.05, 4.69) is 5.16 Å². The highest BCUT2D eigenvalue weighted by Gasteiger charge is 2.47. The highest BCUT2D eigenvalue weighted by atomic mass is 35.5. The van der Waals surface area contributed by atoms with E-state index in [1.165, 1.54) is 6.07 Å². The van der Waals surface area contributed by atoms with Crippen molar-refractivity contribution in [1.82, 2.24) is 10.1 Å². The summed E-state index contributed by atoms with van der Waals surface area (Å²) < 4.78 is 19.1. The zero-order valence-corrected chi connectivity index (χ0v) is 12.6. The van der Waals surface area contributed by atoms with Crippen molar-refractivity contribution >= 4 is 23.5 Å². The largest absolute Gasteiger partial charge is 0.479 e. The fraction of sp³-hybridized carbons (Fsp3) is 0.267. The van der Waals surface area contributed by atoms with Crippen LogP contribution in [-0.4, -0.2) is 45.8 Å². The molecule has 0 aliphatic carbocycles. The molecule has 1 aliphatic heterocycles. The number of nitrogens with zero attached hydrogens (tertiary/aromatic N) is 2. The van der Waals surface area contributed by atoms with Crippen LogP contribution >= 0.6 is 11.6 Å². The Balaban J connectivity index is 1.79. The first kappa shape index (κ1) is 15.5. The SMILES string of the molecule is O=C(c1cc(-c2cccc(Cl)c2)on1)N1CCC(F)(C(=O)O)C1. The van der Waals surface area contributed by atoms with Gasteiger partial charge in [-0.2, -0.15) is 0 Å². The Hall–Kier alpha value is -2.41. The molecule has 1 fully saturated rings. The maximum absolute atomic E-state index is 14.0. The van der Waals surface area contributed by atoms with Crippen LogP contribution in [0, 0.1) is 0 Å². The molecule has 1 N–H and O–H groups in total. The molecule has 2 aromatic rings. The number of carboxylic acid groups (broad SMARTS) is 1. The average molecular weight is 339 g/mol. The third-order valence-electron chi connectivity index (χ3n) is 3.73. The molecule has 0 radical (unpaired) electrons. The van der Waals surface area contributed by atoms with Crippen molar-refractivity contribution in [2.24, 2.45) is 0 Å². The van der Waals surface area contributed by atoms with Gasteiger partial charge < -0.3 is 14.5 Å². The molecular formula is C15H12ClFN2O4. The molecule has 0 saturated carbocycles. The van der Waals surface area contributed by atoms with Crippen molar-refractivity contribution in [3.8, 4) is 11.3 Å². The van der Waals surface area contributed by atoms with E-state index in [9.17, 15) is 14.0 Å². The van der Waals surface area contributed by atoms with Gasteiger partial charge in [0.2, 0.25) is 5.67 Å². The van der Waals surface area contributed by atoms with E-state index in [4.69, 9.17) is 21.2 Å². The van der Waals surface area contributed by atoms with Gasteiger partial charge in [-0.05, 0) is 12.1 Å². The molecule has 23 heavy (non-hydrogen) atoms. The topological polar surface area (TPSA) is 83.6 Å². The quantitative estimate of drug-likeness (QED) is 0.930. The van der Waals surface area contributed by atoms with Gasteiger partial charge in [0.15, 0.2) is 11.5 Å². The van der Waals surface area contributed by atoms with Crippen molar-refractivity contribution < 1.29 is 23.6 Å². The third-order valence-corrected chi connectivity index (χ3v) is 3.96. The van der Waals surface area contributed by atoms with E-state index in [0.717, 1.165) is 4.90 Å². The summed E-state index contributed by atoms with van der Waals surface area (Å²) in [6.45, 7) is -0.485. The van der Waals surface area contributed by atoms with Crippen molar-refractivity contribution in [3.63, 3.8) is 0 Å². The molecule has 1 saturated heterocycles. The van der Waals surface area contributed by atoms with Crippen LogP contribution < -0.4 is 0 Å². The lowest BCUT2D eigenvalue weighted by atomic mass is 10.1. The van der Waals surface area contributed by atoms with Gasteiger partial charge in [-0.1, -0.05) is 28.9 Å². The number of carbonyl (C=O) groups is 2. The van der Waals surface area contributed by atoms with Crippen molar-refractivity contribution in [2.75, 3.05) is 13.1 Å². The summed E-state index contributed by atoms with van der Waals surface area (Å²) in [6.07, 6.45) is -0.243. The lowest BCUT2D eigenvalue weighted by Crippen LogP contribution is -2.39. The van der Waals surface area contributed by atoms with Crippen LogP contribution in [-0.2, 0) is 4.79 Å². The van der Waals surface area contributed by atoms with Gasteiger partial charge >= 0.3 is 5.97 Å². The van der Waals surface area contributed by atoms with E-state index in [0.29, 0.717) is 16.3 Å². The van der Waals surface area contributed by atoms with Gasteiger partial charge in [0.1, 0.15) is 0 Å². The summed E-state index contributed by atoms with van der Waals surface area (Å²) in [5, 5.41) is 13.1. The number of aliphatic carboxylic acids is 1. The molecule has 1 aliphatic rings. The normalized spacial score (nSPS) is 20.7. The summed E-state index contributed by atoms with van der Waals surface area (Å²) in [5.41, 5.74) is -1.76. The summed E-state index contributed by atoms with van der Waals surface area (Å²) in [5.74, 6) is -1.78. The van der Waals surface area contributed by atoms with E-state index in [1.807, 2.05) is 0 Å². The van der Waals surface area contributed by atoms with Crippen LogP contribution in [0.3, 0.4) is 0 Å². The number of carboxylic acids is 1. The molecule has 8 heteroatoms. The number of benzene rings is 1. The van der Waals surface area contributed by atoms with Gasteiger partial charge in [-0.15, -0.1) is 0 Å². The Labute approximate surface area is 135 Å². The lowest BCUT2D eigenvalue weighted by Gasteiger charge is -2.16. The van der Waals surface area contributed by atoms with Crippen LogP contribution in [0.5, 0.6) is 0 Å². The Bertz CT molecular complexity index is 778. The van der Waals surface area contributed by atoms with Crippen LogP contribution in [0.1, 0.15) is 16.9 Å². The first-order chi connectivity index (χ1) is 10.9. The Kier molecular flexibility index (Phi) is 3.81. The van der Waals surface area contributed by atoms with Crippen molar-refractivity contribution in [1.29, 1.82) is 0 Å². The van der Waals surface area contributed by atoms with E-state index < -0.39 is 24.1 Å². The van der Waals surface area contributed by atoms with Crippen molar-refractivity contribution in [2.45, 2.75) is 12.1 Å². The number of hydrogen-bond donors (Lipinski definition) is 1. The lowest BCUT2D eigenvalue weighted by molar-refractivity contribution is -0.149. The van der Waals surface area contributed by atoms with Crippen LogP contribution in [0.4, 0.5) is 4.39 Å². The van der Waals surface area contributed by atoms with E-state index in [-0.39, 0.29) is 18.7 Å². The summed E-state index contributed by atoms with van der Waals surface area (Å²) in [7, 11) is 0. The molecule has 1 amide bonds. The molecule has 1 aromatic carbocycles. The van der Waals surface area contributed by atoms with Crippen LogP contribution in [0.25, 0.3) is 11.3 Å². The number of alkyl halides is 1. The van der Waals surface area contributed by atoms with Crippen LogP contribution in [0.2, 0.25) is 5.02 Å². The molecule has 0 spiro atoms. The molecule has 1 atom stereocenters. The van der Waals surface area contributed by atoms with Crippen LogP contribution in [0.15, 0.2) is 34.9 Å².